The molecule has 0 aliphatic heterocycles. The summed E-state index contributed by atoms with van der Waals surface area (Å²) in [7, 11) is 0. The van der Waals surface area contributed by atoms with Gasteiger partial charge in [-0.25, -0.2) is 0 Å². The Labute approximate surface area is 127 Å². The van der Waals surface area contributed by atoms with E-state index >= 15 is 0 Å². The van der Waals surface area contributed by atoms with E-state index in [1.54, 1.807) is 0 Å². The number of hydrogen-bond acceptors (Lipinski definition) is 3. The fourth-order valence-corrected chi connectivity index (χ4v) is 2.06. The van der Waals surface area contributed by atoms with Gasteiger partial charge in [0.1, 0.15) is 12.4 Å². The molecule has 0 aromatic heterocycles. The van der Waals surface area contributed by atoms with E-state index in [1.165, 1.54) is 0 Å². The zero-order valence-corrected chi connectivity index (χ0v) is 12.8. The van der Waals surface area contributed by atoms with Crippen molar-refractivity contribution in [1.29, 1.82) is 0 Å². The van der Waals surface area contributed by atoms with E-state index in [2.05, 4.69) is 15.9 Å². The summed E-state index contributed by atoms with van der Waals surface area (Å²) in [5.41, 5.74) is 7.81. The summed E-state index contributed by atoms with van der Waals surface area (Å²) in [4.78, 5) is 0. The minimum absolute atomic E-state index is 0.548. The van der Waals surface area contributed by atoms with E-state index in [0.717, 1.165) is 27.9 Å². The van der Waals surface area contributed by atoms with Crippen LogP contribution in [0.15, 0.2) is 53.0 Å². The monoisotopic (exact) mass is 335 g/mol. The van der Waals surface area contributed by atoms with Crippen molar-refractivity contribution < 1.29 is 9.47 Å². The number of benzene rings is 2. The standard InChI is InChI=1S/C16H18BrNO2/c17-14-5-7-15(8-6-14)20-12-11-19-10-9-13-3-1-2-4-16(13)18/h1-8H,9-12,18H2. The van der Waals surface area contributed by atoms with Crippen molar-refractivity contribution in [1.82, 2.24) is 0 Å². The van der Waals surface area contributed by atoms with E-state index < -0.39 is 0 Å². The number of halogens is 1. The minimum Gasteiger partial charge on any atom is -0.491 e. The molecule has 20 heavy (non-hydrogen) atoms. The molecule has 0 bridgehead atoms. The Balaban J connectivity index is 1.60. The van der Waals surface area contributed by atoms with Crippen molar-refractivity contribution in [2.75, 3.05) is 25.6 Å². The van der Waals surface area contributed by atoms with Crippen molar-refractivity contribution >= 4 is 21.6 Å². The molecule has 3 nitrogen and oxygen atoms in total. The van der Waals surface area contributed by atoms with E-state index in [1.807, 2.05) is 48.5 Å². The SMILES string of the molecule is Nc1ccccc1CCOCCOc1ccc(Br)cc1. The first-order valence-corrected chi connectivity index (χ1v) is 7.34. The molecule has 0 aliphatic carbocycles. The topological polar surface area (TPSA) is 44.5 Å². The van der Waals surface area contributed by atoms with Crippen molar-refractivity contribution in [2.24, 2.45) is 0 Å². The Kier molecular flexibility index (Phi) is 5.89. The van der Waals surface area contributed by atoms with Gasteiger partial charge in [0, 0.05) is 10.2 Å². The highest BCUT2D eigenvalue weighted by atomic mass is 79.9. The van der Waals surface area contributed by atoms with Crippen molar-refractivity contribution in [3.8, 4) is 5.75 Å². The number of rotatable bonds is 7. The van der Waals surface area contributed by atoms with E-state index in [4.69, 9.17) is 15.2 Å². The average Bonchev–Trinajstić information content (AvgIpc) is 2.46. The Bertz CT molecular complexity index is 528. The van der Waals surface area contributed by atoms with Crippen LogP contribution in [0.1, 0.15) is 5.56 Å². The molecule has 0 aliphatic rings. The molecule has 106 valence electrons. The highest BCUT2D eigenvalue weighted by Gasteiger charge is 1.98. The summed E-state index contributed by atoms with van der Waals surface area (Å²) >= 11 is 3.39. The van der Waals surface area contributed by atoms with E-state index in [-0.39, 0.29) is 0 Å². The molecule has 4 heteroatoms. The molecule has 2 N–H and O–H groups in total. The first-order valence-electron chi connectivity index (χ1n) is 6.55. The molecule has 0 atom stereocenters. The molecule has 2 aromatic rings. The van der Waals surface area contributed by atoms with Crippen LogP contribution < -0.4 is 10.5 Å². The molecule has 0 saturated carbocycles. The van der Waals surface area contributed by atoms with Gasteiger partial charge in [0.25, 0.3) is 0 Å². The normalized spacial score (nSPS) is 10.4. The quantitative estimate of drug-likeness (QED) is 0.620. The van der Waals surface area contributed by atoms with Gasteiger partial charge in [-0.3, -0.25) is 0 Å². The number of para-hydroxylation sites is 1. The van der Waals surface area contributed by atoms with Crippen LogP contribution in [0.3, 0.4) is 0 Å². The lowest BCUT2D eigenvalue weighted by atomic mass is 10.1. The van der Waals surface area contributed by atoms with Crippen LogP contribution in [0.25, 0.3) is 0 Å². The maximum Gasteiger partial charge on any atom is 0.119 e. The van der Waals surface area contributed by atoms with E-state index in [9.17, 15) is 0 Å². The number of nitrogens with two attached hydrogens (primary N) is 1. The van der Waals surface area contributed by atoms with Crippen LogP contribution in [0, 0.1) is 0 Å². The maximum absolute atomic E-state index is 5.87. The van der Waals surface area contributed by atoms with Gasteiger partial charge in [-0.15, -0.1) is 0 Å². The summed E-state index contributed by atoms with van der Waals surface area (Å²) in [5, 5.41) is 0. The Morgan fingerprint density at radius 1 is 0.900 bits per heavy atom. The fourth-order valence-electron chi connectivity index (χ4n) is 1.80. The summed E-state index contributed by atoms with van der Waals surface area (Å²) < 4.78 is 12.2. The molecule has 0 saturated heterocycles. The molecule has 0 heterocycles. The van der Waals surface area contributed by atoms with Gasteiger partial charge < -0.3 is 15.2 Å². The van der Waals surface area contributed by atoms with Crippen LogP contribution >= 0.6 is 15.9 Å². The molecular formula is C16H18BrNO2. The predicted octanol–water partition coefficient (Wildman–Crippen LogP) is 3.67. The third-order valence-electron chi connectivity index (χ3n) is 2.88. The summed E-state index contributed by atoms with van der Waals surface area (Å²) in [6.07, 6.45) is 0.824. The van der Waals surface area contributed by atoms with Gasteiger partial charge >= 0.3 is 0 Å². The van der Waals surface area contributed by atoms with Gasteiger partial charge in [0.15, 0.2) is 0 Å². The van der Waals surface area contributed by atoms with Crippen LogP contribution in [0.2, 0.25) is 0 Å². The van der Waals surface area contributed by atoms with Crippen LogP contribution in [0.5, 0.6) is 5.75 Å². The Morgan fingerprint density at radius 2 is 1.65 bits per heavy atom. The zero-order valence-electron chi connectivity index (χ0n) is 11.2. The fraction of sp³-hybridized carbons (Fsp3) is 0.250. The van der Waals surface area contributed by atoms with Crippen molar-refractivity contribution in [3.05, 3.63) is 58.6 Å². The van der Waals surface area contributed by atoms with Gasteiger partial charge in [0.05, 0.1) is 13.2 Å². The number of hydrogen-bond donors (Lipinski definition) is 1. The first-order chi connectivity index (χ1) is 9.75. The van der Waals surface area contributed by atoms with Crippen molar-refractivity contribution in [3.63, 3.8) is 0 Å². The highest BCUT2D eigenvalue weighted by Crippen LogP contribution is 2.16. The number of nitrogen functional groups attached to an aromatic ring is 1. The first kappa shape index (κ1) is 14.9. The Hall–Kier alpha value is -1.52. The smallest absolute Gasteiger partial charge is 0.119 e. The molecule has 0 amide bonds. The van der Waals surface area contributed by atoms with Gasteiger partial charge in [-0.1, -0.05) is 34.1 Å². The summed E-state index contributed by atoms with van der Waals surface area (Å²) in [5.74, 6) is 0.851. The molecule has 2 aromatic carbocycles. The minimum atomic E-state index is 0.548. The average molecular weight is 336 g/mol. The van der Waals surface area contributed by atoms with Crippen LogP contribution in [-0.2, 0) is 11.2 Å². The zero-order chi connectivity index (χ0) is 14.2. The third kappa shape index (κ3) is 4.87. The maximum atomic E-state index is 5.87. The van der Waals surface area contributed by atoms with Crippen LogP contribution in [0.4, 0.5) is 5.69 Å². The molecule has 2 rings (SSSR count). The summed E-state index contributed by atoms with van der Waals surface area (Å²) in [6, 6.07) is 15.6. The number of anilines is 1. The third-order valence-corrected chi connectivity index (χ3v) is 3.41. The summed E-state index contributed by atoms with van der Waals surface area (Å²) in [6.45, 7) is 1.77. The lowest BCUT2D eigenvalue weighted by Crippen LogP contribution is -2.09. The molecule has 0 spiro atoms. The van der Waals surface area contributed by atoms with Crippen molar-refractivity contribution in [2.45, 2.75) is 6.42 Å². The second-order valence-electron chi connectivity index (χ2n) is 4.36. The predicted molar refractivity (Wildman–Crippen MR) is 85.0 cm³/mol. The lowest BCUT2D eigenvalue weighted by Gasteiger charge is -2.08. The molecular weight excluding hydrogens is 318 g/mol. The van der Waals surface area contributed by atoms with E-state index in [0.29, 0.717) is 19.8 Å². The van der Waals surface area contributed by atoms with Gasteiger partial charge in [0.2, 0.25) is 0 Å². The Morgan fingerprint density at radius 3 is 2.40 bits per heavy atom. The number of ether oxygens (including phenoxy) is 2. The molecule has 0 unspecified atom stereocenters. The molecule has 0 radical (unpaired) electrons. The lowest BCUT2D eigenvalue weighted by molar-refractivity contribution is 0.102. The highest BCUT2D eigenvalue weighted by molar-refractivity contribution is 9.10. The second-order valence-corrected chi connectivity index (χ2v) is 5.28. The molecule has 0 fully saturated rings. The van der Waals surface area contributed by atoms with Crippen LogP contribution in [-0.4, -0.2) is 19.8 Å². The van der Waals surface area contributed by atoms with Gasteiger partial charge in [-0.05, 0) is 42.3 Å². The van der Waals surface area contributed by atoms with Gasteiger partial charge in [-0.2, -0.15) is 0 Å². The second kappa shape index (κ2) is 7.92. The largest absolute Gasteiger partial charge is 0.491 e.